The summed E-state index contributed by atoms with van der Waals surface area (Å²) in [6.07, 6.45) is 0.736. The molecule has 0 aliphatic carbocycles. The van der Waals surface area contributed by atoms with Gasteiger partial charge < -0.3 is 0 Å². The van der Waals surface area contributed by atoms with E-state index in [-0.39, 0.29) is 5.16 Å². The first-order valence-electron chi connectivity index (χ1n) is 6.07. The van der Waals surface area contributed by atoms with E-state index < -0.39 is 10.0 Å². The van der Waals surface area contributed by atoms with Crippen molar-refractivity contribution in [3.8, 4) is 11.4 Å². The van der Waals surface area contributed by atoms with Gasteiger partial charge in [0.05, 0.1) is 0 Å². The minimum absolute atomic E-state index is 0.219. The maximum atomic E-state index is 11.5. The Kier molecular flexibility index (Phi) is 4.12. The number of benzene rings is 1. The zero-order valence-electron chi connectivity index (χ0n) is 11.2. The molecule has 0 fully saturated rings. The van der Waals surface area contributed by atoms with Crippen LogP contribution in [0.4, 0.5) is 0 Å². The third-order valence-electron chi connectivity index (χ3n) is 2.85. The lowest BCUT2D eigenvalue weighted by atomic mass is 10.1. The number of rotatable bonds is 4. The highest BCUT2D eigenvalue weighted by Gasteiger charge is 2.22. The highest BCUT2D eigenvalue weighted by Crippen LogP contribution is 2.26. The molecule has 6 nitrogen and oxygen atoms in total. The number of nitrogens with two attached hydrogens (primary N) is 1. The average Bonchev–Trinajstić information content (AvgIpc) is 2.73. The van der Waals surface area contributed by atoms with E-state index in [2.05, 4.69) is 10.2 Å². The molecular formula is C12H15ClN4O2S. The van der Waals surface area contributed by atoms with E-state index in [0.29, 0.717) is 17.4 Å². The van der Waals surface area contributed by atoms with Crippen molar-refractivity contribution in [2.24, 2.45) is 5.14 Å². The molecule has 1 aromatic heterocycles. The highest BCUT2D eigenvalue weighted by molar-refractivity contribution is 7.89. The van der Waals surface area contributed by atoms with E-state index in [1.807, 2.05) is 13.8 Å². The Labute approximate surface area is 122 Å². The van der Waals surface area contributed by atoms with Crippen LogP contribution in [0.15, 0.2) is 23.4 Å². The molecule has 0 bridgehead atoms. The molecule has 2 aromatic rings. The maximum absolute atomic E-state index is 11.5. The summed E-state index contributed by atoms with van der Waals surface area (Å²) < 4.78 is 24.6. The number of sulfonamides is 1. The predicted octanol–water partition coefficient (Wildman–Crippen LogP) is 1.96. The Morgan fingerprint density at radius 3 is 2.60 bits per heavy atom. The Hall–Kier alpha value is -1.44. The number of halogens is 1. The van der Waals surface area contributed by atoms with Crippen molar-refractivity contribution in [1.82, 2.24) is 14.8 Å². The summed E-state index contributed by atoms with van der Waals surface area (Å²) in [6.45, 7) is 4.28. The predicted molar refractivity (Wildman–Crippen MR) is 76.9 cm³/mol. The van der Waals surface area contributed by atoms with E-state index in [9.17, 15) is 8.42 Å². The third-order valence-corrected chi connectivity index (χ3v) is 3.89. The standard InChI is InChI=1S/C12H15ClN4O2S/c1-3-6-17-11(15-16-12(17)20(14,18)19)10-5-4-9(13)7-8(10)2/h4-5,7H,3,6H2,1-2H3,(H2,14,18,19). The molecule has 0 amide bonds. The van der Waals surface area contributed by atoms with Crippen molar-refractivity contribution >= 4 is 21.6 Å². The second kappa shape index (κ2) is 5.51. The number of nitrogens with zero attached hydrogens (tertiary/aromatic N) is 3. The zero-order chi connectivity index (χ0) is 14.9. The van der Waals surface area contributed by atoms with Crippen LogP contribution in [0.2, 0.25) is 5.02 Å². The van der Waals surface area contributed by atoms with Crippen LogP contribution in [0.5, 0.6) is 0 Å². The minimum Gasteiger partial charge on any atom is -0.297 e. The summed E-state index contributed by atoms with van der Waals surface area (Å²) in [4.78, 5) is 0. The van der Waals surface area contributed by atoms with Gasteiger partial charge in [0.1, 0.15) is 0 Å². The fourth-order valence-electron chi connectivity index (χ4n) is 2.00. The van der Waals surface area contributed by atoms with Crippen LogP contribution in [0, 0.1) is 6.92 Å². The second-order valence-electron chi connectivity index (χ2n) is 4.46. The lowest BCUT2D eigenvalue weighted by Gasteiger charge is -2.10. The topological polar surface area (TPSA) is 90.9 Å². The van der Waals surface area contributed by atoms with Gasteiger partial charge in [-0.1, -0.05) is 18.5 Å². The molecule has 108 valence electrons. The Morgan fingerprint density at radius 1 is 1.35 bits per heavy atom. The van der Waals surface area contributed by atoms with Crippen LogP contribution in [-0.4, -0.2) is 23.2 Å². The van der Waals surface area contributed by atoms with Gasteiger partial charge in [0.25, 0.3) is 15.2 Å². The van der Waals surface area contributed by atoms with Crippen molar-refractivity contribution in [3.05, 3.63) is 28.8 Å². The van der Waals surface area contributed by atoms with Gasteiger partial charge in [-0.25, -0.2) is 13.6 Å². The Balaban J connectivity index is 2.66. The summed E-state index contributed by atoms with van der Waals surface area (Å²) in [5, 5.41) is 13.2. The molecule has 2 rings (SSSR count). The van der Waals surface area contributed by atoms with E-state index in [1.165, 1.54) is 4.57 Å². The molecule has 0 saturated carbocycles. The summed E-state index contributed by atoms with van der Waals surface area (Å²) in [5.41, 5.74) is 1.67. The minimum atomic E-state index is -3.90. The van der Waals surface area contributed by atoms with Crippen LogP contribution in [0.3, 0.4) is 0 Å². The number of aromatic nitrogens is 3. The molecule has 2 N–H and O–H groups in total. The first-order valence-corrected chi connectivity index (χ1v) is 7.99. The van der Waals surface area contributed by atoms with E-state index in [4.69, 9.17) is 16.7 Å². The molecular weight excluding hydrogens is 300 g/mol. The van der Waals surface area contributed by atoms with Crippen molar-refractivity contribution in [1.29, 1.82) is 0 Å². The largest absolute Gasteiger partial charge is 0.297 e. The summed E-state index contributed by atoms with van der Waals surface area (Å²) in [6, 6.07) is 5.31. The smallest absolute Gasteiger partial charge is 0.273 e. The van der Waals surface area contributed by atoms with Gasteiger partial charge in [-0.15, -0.1) is 10.2 Å². The Bertz CT molecular complexity index is 740. The van der Waals surface area contributed by atoms with E-state index in [1.54, 1.807) is 18.2 Å². The molecule has 0 atom stereocenters. The molecule has 1 aromatic carbocycles. The molecule has 0 aliphatic rings. The van der Waals surface area contributed by atoms with Gasteiger partial charge >= 0.3 is 0 Å². The number of hydrogen-bond acceptors (Lipinski definition) is 4. The molecule has 0 spiro atoms. The summed E-state index contributed by atoms with van der Waals surface area (Å²) in [7, 11) is -3.90. The molecule has 0 radical (unpaired) electrons. The van der Waals surface area contributed by atoms with Crippen molar-refractivity contribution in [3.63, 3.8) is 0 Å². The molecule has 1 heterocycles. The maximum Gasteiger partial charge on any atom is 0.273 e. The number of aryl methyl sites for hydroxylation is 1. The first-order chi connectivity index (χ1) is 9.34. The van der Waals surface area contributed by atoms with Gasteiger partial charge in [-0.2, -0.15) is 0 Å². The number of primary sulfonamides is 1. The average molecular weight is 315 g/mol. The monoisotopic (exact) mass is 314 g/mol. The Morgan fingerprint density at radius 2 is 2.05 bits per heavy atom. The first kappa shape index (κ1) is 15.0. The normalized spacial score (nSPS) is 11.8. The fraction of sp³-hybridized carbons (Fsp3) is 0.333. The second-order valence-corrected chi connectivity index (χ2v) is 6.35. The van der Waals surface area contributed by atoms with Crippen molar-refractivity contribution in [2.45, 2.75) is 32.0 Å². The quantitative estimate of drug-likeness (QED) is 0.934. The van der Waals surface area contributed by atoms with Crippen LogP contribution in [-0.2, 0) is 16.6 Å². The van der Waals surface area contributed by atoms with Crippen LogP contribution >= 0.6 is 11.6 Å². The van der Waals surface area contributed by atoms with Gasteiger partial charge in [-0.05, 0) is 37.1 Å². The van der Waals surface area contributed by atoms with E-state index in [0.717, 1.165) is 17.5 Å². The number of hydrogen-bond donors (Lipinski definition) is 1. The van der Waals surface area contributed by atoms with Crippen molar-refractivity contribution < 1.29 is 8.42 Å². The van der Waals surface area contributed by atoms with Gasteiger partial charge in [-0.3, -0.25) is 4.57 Å². The fourth-order valence-corrected chi connectivity index (χ4v) is 2.87. The van der Waals surface area contributed by atoms with Gasteiger partial charge in [0.2, 0.25) is 0 Å². The summed E-state index contributed by atoms with van der Waals surface area (Å²) >= 11 is 5.92. The van der Waals surface area contributed by atoms with E-state index >= 15 is 0 Å². The lowest BCUT2D eigenvalue weighted by molar-refractivity contribution is 0.559. The van der Waals surface area contributed by atoms with Crippen molar-refractivity contribution in [2.75, 3.05) is 0 Å². The molecule has 0 saturated heterocycles. The van der Waals surface area contributed by atoms with Crippen LogP contribution in [0.1, 0.15) is 18.9 Å². The van der Waals surface area contributed by atoms with Crippen LogP contribution in [0.25, 0.3) is 11.4 Å². The SMILES string of the molecule is CCCn1c(-c2ccc(Cl)cc2C)nnc1S(N)(=O)=O. The molecule has 0 unspecified atom stereocenters. The lowest BCUT2D eigenvalue weighted by Crippen LogP contribution is -2.19. The molecule has 0 aliphatic heterocycles. The third kappa shape index (κ3) is 2.84. The van der Waals surface area contributed by atoms with Gasteiger partial charge in [0, 0.05) is 17.1 Å². The summed E-state index contributed by atoms with van der Waals surface area (Å²) in [5.74, 6) is 0.477. The van der Waals surface area contributed by atoms with Crippen LogP contribution < -0.4 is 5.14 Å². The highest BCUT2D eigenvalue weighted by atomic mass is 35.5. The van der Waals surface area contributed by atoms with Gasteiger partial charge in [0.15, 0.2) is 5.82 Å². The zero-order valence-corrected chi connectivity index (χ0v) is 12.7. The molecule has 20 heavy (non-hydrogen) atoms. The molecule has 8 heteroatoms.